The van der Waals surface area contributed by atoms with Crippen molar-refractivity contribution >= 4 is 46.1 Å². The van der Waals surface area contributed by atoms with E-state index in [1.165, 1.54) is 4.31 Å². The second kappa shape index (κ2) is 10.6. The first kappa shape index (κ1) is 21.7. The molecule has 0 saturated carbocycles. The Bertz CT molecular complexity index is 802. The van der Waals surface area contributed by atoms with Gasteiger partial charge in [-0.15, -0.1) is 0 Å². The average Bonchev–Trinajstić information content (AvgIpc) is 2.65. The van der Waals surface area contributed by atoms with Crippen LogP contribution in [0, 0.1) is 0 Å². The van der Waals surface area contributed by atoms with Crippen LogP contribution in [0.25, 0.3) is 0 Å². The van der Waals surface area contributed by atoms with Gasteiger partial charge in [0.05, 0.1) is 15.7 Å². The number of rotatable bonds is 9. The summed E-state index contributed by atoms with van der Waals surface area (Å²) in [6, 6.07) is 11.6. The predicted molar refractivity (Wildman–Crippen MR) is 109 cm³/mol. The number of aliphatic hydroxyl groups excluding tert-OH is 1. The highest BCUT2D eigenvalue weighted by molar-refractivity contribution is 7.80. The number of carbonyl (C=O) groups excluding carboxylic acids is 1. The van der Waals surface area contributed by atoms with Gasteiger partial charge in [0, 0.05) is 25.3 Å². The summed E-state index contributed by atoms with van der Waals surface area (Å²) in [5.74, 6) is -0.266. The third-order valence-electron chi connectivity index (χ3n) is 3.84. The topological polar surface area (TPSA) is 89.9 Å². The molecule has 0 aliphatic carbocycles. The van der Waals surface area contributed by atoms with Crippen LogP contribution >= 0.6 is 23.2 Å². The van der Waals surface area contributed by atoms with Gasteiger partial charge in [0.2, 0.25) is 0 Å². The minimum atomic E-state index is -2.23. The number of amides is 1. The number of nitrogens with one attached hydrogen (secondary N) is 1. The maximum Gasteiger partial charge on any atom is 0.261 e. The molecule has 27 heavy (non-hydrogen) atoms. The summed E-state index contributed by atoms with van der Waals surface area (Å²) in [6.45, 7) is 0.628. The third-order valence-corrected chi connectivity index (χ3v) is 5.47. The fourth-order valence-corrected chi connectivity index (χ4v) is 3.39. The monoisotopic (exact) mass is 430 g/mol. The van der Waals surface area contributed by atoms with Crippen LogP contribution in [0.1, 0.15) is 22.3 Å². The van der Waals surface area contributed by atoms with Crippen LogP contribution in [-0.2, 0) is 17.7 Å². The van der Waals surface area contributed by atoms with Crippen molar-refractivity contribution in [1.29, 1.82) is 0 Å². The summed E-state index contributed by atoms with van der Waals surface area (Å²) in [5.41, 5.74) is 1.71. The van der Waals surface area contributed by atoms with Crippen molar-refractivity contribution in [3.05, 3.63) is 63.6 Å². The third kappa shape index (κ3) is 6.19. The maximum atomic E-state index is 12.0. The quantitative estimate of drug-likeness (QED) is 0.420. The molecule has 0 bridgehead atoms. The molecule has 0 aromatic heterocycles. The zero-order chi connectivity index (χ0) is 19.8. The van der Waals surface area contributed by atoms with Crippen molar-refractivity contribution in [3.63, 3.8) is 0 Å². The molecule has 0 spiro atoms. The molecule has 0 heterocycles. The summed E-state index contributed by atoms with van der Waals surface area (Å²) in [7, 11) is 0. The molecule has 9 heteroatoms. The van der Waals surface area contributed by atoms with Gasteiger partial charge in [-0.25, -0.2) is 4.21 Å². The second-order valence-corrected chi connectivity index (χ2v) is 7.36. The minimum absolute atomic E-state index is 0.00708. The van der Waals surface area contributed by atoms with E-state index in [2.05, 4.69) is 5.32 Å². The Balaban J connectivity index is 2.07. The number of aliphatic hydroxyl groups is 1. The number of hydrogen-bond donors (Lipinski definition) is 3. The zero-order valence-corrected chi connectivity index (χ0v) is 16.7. The van der Waals surface area contributed by atoms with Gasteiger partial charge in [-0.1, -0.05) is 35.3 Å². The SMILES string of the molecule is O=C(NCCCO)c1ccc(N(CCc2cccc(Cl)c2Cl)S(=O)O)cc1. The van der Waals surface area contributed by atoms with Crippen molar-refractivity contribution in [3.8, 4) is 0 Å². The maximum absolute atomic E-state index is 12.0. The van der Waals surface area contributed by atoms with Crippen LogP contribution in [0.4, 0.5) is 5.69 Å². The van der Waals surface area contributed by atoms with Gasteiger partial charge in [-0.05, 0) is 48.7 Å². The lowest BCUT2D eigenvalue weighted by Crippen LogP contribution is -2.28. The molecule has 0 radical (unpaired) electrons. The van der Waals surface area contributed by atoms with Crippen LogP contribution in [-0.4, -0.2) is 39.5 Å². The molecular weight excluding hydrogens is 411 g/mol. The normalized spacial score (nSPS) is 11.9. The first-order valence-electron chi connectivity index (χ1n) is 8.24. The Morgan fingerprint density at radius 1 is 1.15 bits per heavy atom. The van der Waals surface area contributed by atoms with E-state index in [0.717, 1.165) is 5.56 Å². The zero-order valence-electron chi connectivity index (χ0n) is 14.4. The fraction of sp³-hybridized carbons (Fsp3) is 0.278. The lowest BCUT2D eigenvalue weighted by Gasteiger charge is -2.20. The number of halogens is 2. The average molecular weight is 431 g/mol. The van der Waals surface area contributed by atoms with E-state index in [4.69, 9.17) is 28.3 Å². The molecule has 0 aliphatic heterocycles. The molecule has 3 N–H and O–H groups in total. The Kier molecular flexibility index (Phi) is 8.53. The van der Waals surface area contributed by atoms with Crippen LogP contribution < -0.4 is 9.62 Å². The number of nitrogens with zero attached hydrogens (tertiary/aromatic N) is 1. The van der Waals surface area contributed by atoms with Crippen molar-refractivity contribution in [1.82, 2.24) is 5.32 Å². The molecule has 0 fully saturated rings. The van der Waals surface area contributed by atoms with E-state index in [1.54, 1.807) is 36.4 Å². The minimum Gasteiger partial charge on any atom is -0.396 e. The highest BCUT2D eigenvalue weighted by Gasteiger charge is 2.15. The van der Waals surface area contributed by atoms with Crippen LogP contribution in [0.5, 0.6) is 0 Å². The van der Waals surface area contributed by atoms with E-state index >= 15 is 0 Å². The summed E-state index contributed by atoms with van der Waals surface area (Å²) in [6.07, 6.45) is 0.905. The highest BCUT2D eigenvalue weighted by Crippen LogP contribution is 2.26. The van der Waals surface area contributed by atoms with Gasteiger partial charge in [-0.2, -0.15) is 0 Å². The van der Waals surface area contributed by atoms with Gasteiger partial charge in [0.15, 0.2) is 0 Å². The Morgan fingerprint density at radius 2 is 1.85 bits per heavy atom. The van der Waals surface area contributed by atoms with E-state index in [9.17, 15) is 13.6 Å². The Morgan fingerprint density at radius 3 is 2.48 bits per heavy atom. The molecule has 2 aromatic carbocycles. The van der Waals surface area contributed by atoms with Crippen molar-refractivity contribution in [2.45, 2.75) is 12.8 Å². The Labute approximate surface area is 170 Å². The lowest BCUT2D eigenvalue weighted by molar-refractivity contribution is 0.0951. The summed E-state index contributed by atoms with van der Waals surface area (Å²) < 4.78 is 22.7. The van der Waals surface area contributed by atoms with Gasteiger partial charge in [0.1, 0.15) is 0 Å². The van der Waals surface area contributed by atoms with E-state index in [0.29, 0.717) is 40.7 Å². The molecule has 0 saturated heterocycles. The molecule has 2 rings (SSSR count). The van der Waals surface area contributed by atoms with Crippen molar-refractivity contribution < 1.29 is 18.7 Å². The van der Waals surface area contributed by atoms with Crippen LogP contribution in [0.2, 0.25) is 10.0 Å². The van der Waals surface area contributed by atoms with Crippen LogP contribution in [0.3, 0.4) is 0 Å². The lowest BCUT2D eigenvalue weighted by atomic mass is 10.1. The first-order chi connectivity index (χ1) is 12.9. The number of carbonyl (C=O) groups is 1. The van der Waals surface area contributed by atoms with Gasteiger partial charge in [-0.3, -0.25) is 13.7 Å². The summed E-state index contributed by atoms with van der Waals surface area (Å²) in [5, 5.41) is 12.3. The van der Waals surface area contributed by atoms with Gasteiger partial charge < -0.3 is 10.4 Å². The molecule has 1 atom stereocenters. The largest absolute Gasteiger partial charge is 0.396 e. The molecular formula is C18H20Cl2N2O4S. The number of hydrogen-bond acceptors (Lipinski definition) is 3. The summed E-state index contributed by atoms with van der Waals surface area (Å²) >= 11 is 9.92. The molecule has 6 nitrogen and oxygen atoms in total. The van der Waals surface area contributed by atoms with Crippen molar-refractivity contribution in [2.75, 3.05) is 24.0 Å². The second-order valence-electron chi connectivity index (χ2n) is 5.68. The van der Waals surface area contributed by atoms with E-state index in [-0.39, 0.29) is 19.1 Å². The van der Waals surface area contributed by atoms with E-state index < -0.39 is 11.3 Å². The Hall–Kier alpha value is -1.64. The standard InChI is InChI=1S/C18H20Cl2N2O4S/c19-16-4-1-3-13(17(16)20)9-11-22(27(25)26)15-7-5-14(6-8-15)18(24)21-10-2-12-23/h1,3-8,23H,2,9-12H2,(H,21,24)(H,25,26). The van der Waals surface area contributed by atoms with Gasteiger partial charge >= 0.3 is 0 Å². The molecule has 146 valence electrons. The highest BCUT2D eigenvalue weighted by atomic mass is 35.5. The number of anilines is 1. The molecule has 1 amide bonds. The number of benzene rings is 2. The fourth-order valence-electron chi connectivity index (χ4n) is 2.42. The van der Waals surface area contributed by atoms with Crippen molar-refractivity contribution in [2.24, 2.45) is 0 Å². The molecule has 0 aliphatic rings. The molecule has 2 aromatic rings. The smallest absolute Gasteiger partial charge is 0.261 e. The summed E-state index contributed by atoms with van der Waals surface area (Å²) in [4.78, 5) is 12.0. The van der Waals surface area contributed by atoms with E-state index in [1.807, 2.05) is 6.07 Å². The molecule has 1 unspecified atom stereocenters. The predicted octanol–water partition coefficient (Wildman–Crippen LogP) is 3.29. The first-order valence-corrected chi connectivity index (χ1v) is 10.1. The van der Waals surface area contributed by atoms with Crippen LogP contribution in [0.15, 0.2) is 42.5 Å². The van der Waals surface area contributed by atoms with Gasteiger partial charge in [0.25, 0.3) is 17.2 Å².